The summed E-state index contributed by atoms with van der Waals surface area (Å²) in [6.07, 6.45) is 1.86. The minimum Gasteiger partial charge on any atom is -0.480 e. The number of halogens is 2. The molecule has 0 aliphatic rings. The van der Waals surface area contributed by atoms with E-state index in [-0.39, 0.29) is 10.7 Å². The van der Waals surface area contributed by atoms with Gasteiger partial charge >= 0.3 is 12.0 Å². The fourth-order valence-corrected chi connectivity index (χ4v) is 1.79. The number of aliphatic carboxylic acids is 1. The van der Waals surface area contributed by atoms with Gasteiger partial charge in [-0.15, -0.1) is 0 Å². The molecule has 3 N–H and O–H groups in total. The Labute approximate surface area is 121 Å². The minimum absolute atomic E-state index is 0.0422. The second-order valence-corrected chi connectivity index (χ2v) is 4.66. The molecule has 0 fully saturated rings. The summed E-state index contributed by atoms with van der Waals surface area (Å²) in [6.45, 7) is 1.93. The number of rotatable bonds is 6. The Bertz CT molecular complexity index is 497. The molecule has 20 heavy (non-hydrogen) atoms. The van der Waals surface area contributed by atoms with E-state index in [0.29, 0.717) is 12.8 Å². The second kappa shape index (κ2) is 7.69. The maximum Gasteiger partial charge on any atom is 0.326 e. The van der Waals surface area contributed by atoms with Crippen molar-refractivity contribution in [1.29, 1.82) is 0 Å². The van der Waals surface area contributed by atoms with Crippen molar-refractivity contribution in [2.75, 3.05) is 5.32 Å². The van der Waals surface area contributed by atoms with E-state index < -0.39 is 23.9 Å². The van der Waals surface area contributed by atoms with Crippen LogP contribution in [0.2, 0.25) is 5.02 Å². The van der Waals surface area contributed by atoms with Crippen molar-refractivity contribution < 1.29 is 19.1 Å². The molecule has 0 radical (unpaired) electrons. The molecular weight excluding hydrogens is 287 g/mol. The van der Waals surface area contributed by atoms with Crippen LogP contribution in [0.4, 0.5) is 14.9 Å². The maximum atomic E-state index is 12.8. The first-order valence-electron chi connectivity index (χ1n) is 6.19. The van der Waals surface area contributed by atoms with Crippen molar-refractivity contribution >= 4 is 29.3 Å². The molecule has 0 heterocycles. The van der Waals surface area contributed by atoms with Crippen LogP contribution in [-0.2, 0) is 4.79 Å². The standard InChI is InChI=1S/C13H16ClFN2O3/c1-2-3-4-11(12(18)19)17-13(20)16-10-6-5-8(15)7-9(10)14/h5-7,11H,2-4H2,1H3,(H,18,19)(H2,16,17,20)/t11-/m0/s1. The van der Waals surface area contributed by atoms with Gasteiger partial charge in [-0.2, -0.15) is 0 Å². The summed E-state index contributed by atoms with van der Waals surface area (Å²) in [5.74, 6) is -1.62. The molecule has 2 amide bonds. The third-order valence-electron chi connectivity index (χ3n) is 2.63. The number of amides is 2. The molecule has 1 aromatic rings. The van der Waals surface area contributed by atoms with Gasteiger partial charge in [-0.05, 0) is 24.6 Å². The van der Waals surface area contributed by atoms with Gasteiger partial charge in [0.15, 0.2) is 0 Å². The molecule has 0 spiro atoms. The Kier molecular flexibility index (Phi) is 6.24. The third kappa shape index (κ3) is 5.05. The van der Waals surface area contributed by atoms with Gasteiger partial charge in [0.25, 0.3) is 0 Å². The molecule has 0 unspecified atom stereocenters. The zero-order valence-corrected chi connectivity index (χ0v) is 11.7. The smallest absolute Gasteiger partial charge is 0.326 e. The average Bonchev–Trinajstić information content (AvgIpc) is 2.37. The van der Waals surface area contributed by atoms with Gasteiger partial charge in [0.05, 0.1) is 10.7 Å². The number of carboxylic acid groups (broad SMARTS) is 1. The number of unbranched alkanes of at least 4 members (excludes halogenated alkanes) is 1. The fourth-order valence-electron chi connectivity index (χ4n) is 1.57. The van der Waals surface area contributed by atoms with E-state index >= 15 is 0 Å². The molecule has 7 heteroatoms. The van der Waals surface area contributed by atoms with Gasteiger partial charge < -0.3 is 15.7 Å². The number of carbonyl (C=O) groups excluding carboxylic acids is 1. The summed E-state index contributed by atoms with van der Waals surface area (Å²) in [4.78, 5) is 22.7. The maximum absolute atomic E-state index is 12.8. The number of hydrogen-bond donors (Lipinski definition) is 3. The summed E-state index contributed by atoms with van der Waals surface area (Å²) >= 11 is 5.76. The summed E-state index contributed by atoms with van der Waals surface area (Å²) in [6, 6.07) is 1.85. The number of carboxylic acids is 1. The van der Waals surface area contributed by atoms with Gasteiger partial charge in [0, 0.05) is 0 Å². The molecule has 0 aliphatic carbocycles. The Balaban J connectivity index is 2.63. The van der Waals surface area contributed by atoms with E-state index in [1.54, 1.807) is 0 Å². The molecule has 1 rings (SSSR count). The summed E-state index contributed by atoms with van der Waals surface area (Å²) in [5.41, 5.74) is 0.213. The second-order valence-electron chi connectivity index (χ2n) is 4.26. The van der Waals surface area contributed by atoms with Crippen molar-refractivity contribution in [3.8, 4) is 0 Å². The predicted octanol–water partition coefficient (Wildman–Crippen LogP) is 3.24. The Hall–Kier alpha value is -1.82. The molecule has 0 saturated carbocycles. The molecule has 0 saturated heterocycles. The van der Waals surface area contributed by atoms with E-state index in [1.807, 2.05) is 6.92 Å². The SMILES string of the molecule is CCCC[C@H](NC(=O)Nc1ccc(F)cc1Cl)C(=O)O. The van der Waals surface area contributed by atoms with E-state index in [2.05, 4.69) is 10.6 Å². The molecule has 0 aromatic heterocycles. The molecule has 1 aromatic carbocycles. The average molecular weight is 303 g/mol. The van der Waals surface area contributed by atoms with Crippen molar-refractivity contribution in [2.24, 2.45) is 0 Å². The fraction of sp³-hybridized carbons (Fsp3) is 0.385. The highest BCUT2D eigenvalue weighted by atomic mass is 35.5. The van der Waals surface area contributed by atoms with Crippen LogP contribution in [-0.4, -0.2) is 23.1 Å². The number of carbonyl (C=O) groups is 2. The van der Waals surface area contributed by atoms with Crippen LogP contribution >= 0.6 is 11.6 Å². The predicted molar refractivity (Wildman–Crippen MR) is 74.5 cm³/mol. The van der Waals surface area contributed by atoms with Crippen molar-refractivity contribution in [1.82, 2.24) is 5.32 Å². The number of anilines is 1. The van der Waals surface area contributed by atoms with Gasteiger partial charge in [-0.1, -0.05) is 31.4 Å². The molecule has 0 bridgehead atoms. The lowest BCUT2D eigenvalue weighted by Crippen LogP contribution is -2.43. The Morgan fingerprint density at radius 1 is 1.45 bits per heavy atom. The highest BCUT2D eigenvalue weighted by molar-refractivity contribution is 6.33. The summed E-state index contributed by atoms with van der Waals surface area (Å²) in [7, 11) is 0. The highest BCUT2D eigenvalue weighted by Gasteiger charge is 2.19. The van der Waals surface area contributed by atoms with Crippen LogP contribution in [0.15, 0.2) is 18.2 Å². The summed E-state index contributed by atoms with van der Waals surface area (Å²) in [5, 5.41) is 13.8. The van der Waals surface area contributed by atoms with Crippen LogP contribution in [0.5, 0.6) is 0 Å². The van der Waals surface area contributed by atoms with Crippen LogP contribution in [0, 0.1) is 5.82 Å². The number of urea groups is 1. The van der Waals surface area contributed by atoms with Gasteiger partial charge in [-0.25, -0.2) is 14.0 Å². The number of hydrogen-bond acceptors (Lipinski definition) is 2. The zero-order valence-electron chi connectivity index (χ0n) is 11.0. The zero-order chi connectivity index (χ0) is 15.1. The first kappa shape index (κ1) is 16.2. The summed E-state index contributed by atoms with van der Waals surface area (Å²) < 4.78 is 12.8. The monoisotopic (exact) mass is 302 g/mol. The van der Waals surface area contributed by atoms with E-state index in [9.17, 15) is 14.0 Å². The van der Waals surface area contributed by atoms with Crippen molar-refractivity contribution in [3.63, 3.8) is 0 Å². The molecule has 5 nitrogen and oxygen atoms in total. The highest BCUT2D eigenvalue weighted by Crippen LogP contribution is 2.22. The first-order valence-corrected chi connectivity index (χ1v) is 6.57. The van der Waals surface area contributed by atoms with Crippen LogP contribution in [0.25, 0.3) is 0 Å². The Morgan fingerprint density at radius 3 is 2.70 bits per heavy atom. The van der Waals surface area contributed by atoms with Gasteiger partial charge in [-0.3, -0.25) is 0 Å². The van der Waals surface area contributed by atoms with E-state index in [4.69, 9.17) is 16.7 Å². The quantitative estimate of drug-likeness (QED) is 0.755. The molecular formula is C13H16ClFN2O3. The van der Waals surface area contributed by atoms with Gasteiger partial charge in [0.2, 0.25) is 0 Å². The van der Waals surface area contributed by atoms with Crippen LogP contribution in [0.3, 0.4) is 0 Å². The minimum atomic E-state index is -1.10. The van der Waals surface area contributed by atoms with Crippen LogP contribution < -0.4 is 10.6 Å². The van der Waals surface area contributed by atoms with E-state index in [0.717, 1.165) is 18.6 Å². The lowest BCUT2D eigenvalue weighted by Gasteiger charge is -2.15. The van der Waals surface area contributed by atoms with Crippen LogP contribution in [0.1, 0.15) is 26.2 Å². The topological polar surface area (TPSA) is 78.4 Å². The van der Waals surface area contributed by atoms with Crippen molar-refractivity contribution in [3.05, 3.63) is 29.0 Å². The number of benzene rings is 1. The van der Waals surface area contributed by atoms with Gasteiger partial charge in [0.1, 0.15) is 11.9 Å². The first-order chi connectivity index (χ1) is 9.43. The Morgan fingerprint density at radius 2 is 2.15 bits per heavy atom. The molecule has 1 atom stereocenters. The lowest BCUT2D eigenvalue weighted by atomic mass is 10.1. The molecule has 110 valence electrons. The largest absolute Gasteiger partial charge is 0.480 e. The lowest BCUT2D eigenvalue weighted by molar-refractivity contribution is -0.139. The molecule has 0 aliphatic heterocycles. The van der Waals surface area contributed by atoms with E-state index in [1.165, 1.54) is 6.07 Å². The number of nitrogens with one attached hydrogen (secondary N) is 2. The van der Waals surface area contributed by atoms with Crippen molar-refractivity contribution in [2.45, 2.75) is 32.2 Å². The third-order valence-corrected chi connectivity index (χ3v) is 2.94. The normalized spacial score (nSPS) is 11.8.